The fraction of sp³-hybridized carbons (Fsp3) is 1.00. The largest absolute Gasteiger partial charge is 0.299 e. The number of nitrogens with one attached hydrogen (secondary N) is 2. The van der Waals surface area contributed by atoms with Gasteiger partial charge in [0, 0.05) is 36.0 Å². The molecule has 0 heterocycles. The highest BCUT2D eigenvalue weighted by Crippen LogP contribution is 1.68. The molecule has 2 nitrogen and oxygen atoms in total. The Morgan fingerprint density at radius 2 is 2.17 bits per heavy atom. The summed E-state index contributed by atoms with van der Waals surface area (Å²) in [4.78, 5) is 0. The number of hydrogen-bond donors (Lipinski definition) is 2. The Labute approximate surface area is 54.2 Å². The Kier molecular flexibility index (Phi) is 7.17. The molecule has 0 fully saturated rings. The highest BCUT2D eigenvalue weighted by atomic mass is 127. The normalized spacial score (nSPS) is 9.00. The maximum atomic E-state index is 2.96. The van der Waals surface area contributed by atoms with E-state index in [2.05, 4.69) is 40.9 Å². The molecule has 0 aliphatic carbocycles. The van der Waals surface area contributed by atoms with E-state index in [1.54, 1.807) is 0 Å². The minimum atomic E-state index is 1.01. The van der Waals surface area contributed by atoms with Crippen molar-refractivity contribution in [2.24, 2.45) is 0 Å². The van der Waals surface area contributed by atoms with Gasteiger partial charge < -0.3 is 0 Å². The van der Waals surface area contributed by atoms with E-state index in [1.807, 2.05) is 0 Å². The van der Waals surface area contributed by atoms with Gasteiger partial charge in [0.1, 0.15) is 0 Å². The van der Waals surface area contributed by atoms with Crippen LogP contribution in [0.2, 0.25) is 0 Å². The van der Waals surface area contributed by atoms with Gasteiger partial charge in [-0.05, 0) is 0 Å². The Morgan fingerprint density at radius 1 is 1.50 bits per heavy atom. The number of halogens is 1. The van der Waals surface area contributed by atoms with Gasteiger partial charge in [0.05, 0.1) is 0 Å². The van der Waals surface area contributed by atoms with Crippen molar-refractivity contribution in [3.63, 3.8) is 0 Å². The van der Waals surface area contributed by atoms with Crippen molar-refractivity contribution in [3.8, 4) is 0 Å². The van der Waals surface area contributed by atoms with Crippen molar-refractivity contribution in [1.82, 2.24) is 8.62 Å². The van der Waals surface area contributed by atoms with E-state index in [0.29, 0.717) is 0 Å². The maximum Gasteiger partial charge on any atom is 0.0178 e. The van der Waals surface area contributed by atoms with Gasteiger partial charge in [-0.2, -0.15) is 0 Å². The number of hydrogen-bond acceptors (Lipinski definition) is 2. The van der Waals surface area contributed by atoms with E-state index in [1.165, 1.54) is 0 Å². The summed E-state index contributed by atoms with van der Waals surface area (Å²) >= 11 is 2.11. The lowest BCUT2D eigenvalue weighted by Crippen LogP contribution is -2.13. The van der Waals surface area contributed by atoms with Crippen molar-refractivity contribution in [1.29, 1.82) is 0 Å². The fourth-order valence-corrected chi connectivity index (χ4v) is 0.533. The molecule has 0 radical (unpaired) electrons. The Morgan fingerprint density at radius 3 is 2.33 bits per heavy atom. The lowest BCUT2D eigenvalue weighted by molar-refractivity contribution is 0.891. The second-order valence-corrected chi connectivity index (χ2v) is 2.01. The highest BCUT2D eigenvalue weighted by molar-refractivity contribution is 14.1. The molecule has 0 aromatic heterocycles. The summed E-state index contributed by atoms with van der Waals surface area (Å²) in [6, 6.07) is 0. The van der Waals surface area contributed by atoms with Crippen LogP contribution in [0.3, 0.4) is 0 Å². The van der Waals surface area contributed by atoms with Crippen LogP contribution in [0.15, 0.2) is 0 Å². The molecule has 0 spiro atoms. The highest BCUT2D eigenvalue weighted by Gasteiger charge is 1.72. The summed E-state index contributed by atoms with van der Waals surface area (Å²) in [5.41, 5.74) is 0. The van der Waals surface area contributed by atoms with Crippen LogP contribution in [0.5, 0.6) is 0 Å². The van der Waals surface area contributed by atoms with Crippen molar-refractivity contribution >= 4 is 32.3 Å². The molecule has 0 amide bonds. The summed E-state index contributed by atoms with van der Waals surface area (Å²) < 4.78 is 2.96. The van der Waals surface area contributed by atoms with E-state index < -0.39 is 0 Å². The van der Waals surface area contributed by atoms with E-state index in [0.717, 1.165) is 13.1 Å². The van der Waals surface area contributed by atoms with Crippen LogP contribution in [0.25, 0.3) is 0 Å². The quantitative estimate of drug-likeness (QED) is 0.308. The summed E-state index contributed by atoms with van der Waals surface area (Å²) in [7, 11) is 2.44. The average Bonchev–Trinajstić information content (AvgIpc) is 1.61. The minimum absolute atomic E-state index is 1.01. The molecule has 2 N–H and O–H groups in total. The van der Waals surface area contributed by atoms with Crippen LogP contribution in [-0.4, -0.2) is 13.1 Å². The molecule has 1 atom stereocenters. The molecule has 0 rings (SSSR count). The molecule has 1 unspecified atom stereocenters. The predicted octanol–water partition coefficient (Wildman–Crippen LogP) is 0.306. The molecule has 4 heteroatoms. The first-order chi connectivity index (χ1) is 2.91. The molecule has 0 saturated heterocycles. The first-order valence-electron chi connectivity index (χ1n) is 1.68. The molecule has 0 aromatic carbocycles. The molecular weight excluding hydrogens is 210 g/mol. The van der Waals surface area contributed by atoms with Crippen molar-refractivity contribution < 1.29 is 0 Å². The molecule has 38 valence electrons. The standard InChI is InChI=1S/C2H8IN2P/c3-4-1-2-5-6/h4-5H,1-2,6H2. The van der Waals surface area contributed by atoms with Gasteiger partial charge >= 0.3 is 0 Å². The fourth-order valence-electron chi connectivity index (χ4n) is 0.119. The SMILES string of the molecule is PNCCNI. The smallest absolute Gasteiger partial charge is 0.0178 e. The van der Waals surface area contributed by atoms with Crippen LogP contribution >= 0.6 is 32.3 Å². The summed E-state index contributed by atoms with van der Waals surface area (Å²) in [5.74, 6) is 0. The van der Waals surface area contributed by atoms with Crippen LogP contribution in [0.4, 0.5) is 0 Å². The van der Waals surface area contributed by atoms with E-state index in [9.17, 15) is 0 Å². The van der Waals surface area contributed by atoms with Gasteiger partial charge in [0.25, 0.3) is 0 Å². The van der Waals surface area contributed by atoms with Crippen LogP contribution in [0.1, 0.15) is 0 Å². The van der Waals surface area contributed by atoms with Crippen LogP contribution in [0, 0.1) is 0 Å². The van der Waals surface area contributed by atoms with E-state index >= 15 is 0 Å². The molecule has 0 saturated carbocycles. The predicted molar refractivity (Wildman–Crippen MR) is 39.7 cm³/mol. The van der Waals surface area contributed by atoms with E-state index in [-0.39, 0.29) is 0 Å². The van der Waals surface area contributed by atoms with Gasteiger partial charge in [-0.15, -0.1) is 0 Å². The lowest BCUT2D eigenvalue weighted by Gasteiger charge is -1.90. The van der Waals surface area contributed by atoms with E-state index in [4.69, 9.17) is 0 Å². The van der Waals surface area contributed by atoms with Gasteiger partial charge in [0.2, 0.25) is 0 Å². The molecule has 0 aliphatic heterocycles. The first-order valence-corrected chi connectivity index (χ1v) is 3.34. The third-order valence-corrected chi connectivity index (χ3v) is 1.19. The second kappa shape index (κ2) is 6.08. The molecule has 6 heavy (non-hydrogen) atoms. The molecule has 0 aliphatic rings. The Bertz CT molecular complexity index is 23.5. The van der Waals surface area contributed by atoms with Gasteiger partial charge in [-0.25, -0.2) is 0 Å². The Hall–Kier alpha value is 1.08. The molecule has 0 bridgehead atoms. The zero-order valence-electron chi connectivity index (χ0n) is 3.37. The van der Waals surface area contributed by atoms with Gasteiger partial charge in [-0.3, -0.25) is 8.62 Å². The van der Waals surface area contributed by atoms with Crippen molar-refractivity contribution in [2.45, 2.75) is 0 Å². The average molecular weight is 218 g/mol. The molecule has 0 aromatic rings. The van der Waals surface area contributed by atoms with Crippen LogP contribution in [-0.2, 0) is 0 Å². The zero-order valence-corrected chi connectivity index (χ0v) is 6.68. The summed E-state index contributed by atoms with van der Waals surface area (Å²) in [6.07, 6.45) is 0. The Balaban J connectivity index is 2.34. The van der Waals surface area contributed by atoms with Crippen LogP contribution < -0.4 is 8.62 Å². The lowest BCUT2D eigenvalue weighted by atomic mass is 10.7. The monoisotopic (exact) mass is 218 g/mol. The maximum absolute atomic E-state index is 2.96. The third kappa shape index (κ3) is 5.08. The second-order valence-electron chi connectivity index (χ2n) is 0.838. The van der Waals surface area contributed by atoms with Crippen molar-refractivity contribution in [3.05, 3.63) is 0 Å². The third-order valence-electron chi connectivity index (χ3n) is 0.364. The summed E-state index contributed by atoms with van der Waals surface area (Å²) in [5, 5.41) is 2.92. The minimum Gasteiger partial charge on any atom is -0.299 e. The van der Waals surface area contributed by atoms with Gasteiger partial charge in [-0.1, -0.05) is 9.39 Å². The van der Waals surface area contributed by atoms with Crippen molar-refractivity contribution in [2.75, 3.05) is 13.1 Å². The number of rotatable bonds is 3. The van der Waals surface area contributed by atoms with Gasteiger partial charge in [0.15, 0.2) is 0 Å². The zero-order chi connectivity index (χ0) is 4.83. The first kappa shape index (κ1) is 7.08. The summed E-state index contributed by atoms with van der Waals surface area (Å²) in [6.45, 7) is 2.03. The topological polar surface area (TPSA) is 24.1 Å². The molecular formula is C2H8IN2P.